The molecule has 0 N–H and O–H groups in total. The van der Waals surface area contributed by atoms with Crippen LogP contribution in [0.15, 0.2) is 82.3 Å². The maximum Gasteiger partial charge on any atom is 0.343 e. The number of rotatable bonds is 5. The van der Waals surface area contributed by atoms with Gasteiger partial charge in [-0.1, -0.05) is 15.9 Å². The Kier molecular flexibility index (Phi) is 6.04. The van der Waals surface area contributed by atoms with Gasteiger partial charge in [-0.25, -0.2) is 4.79 Å². The molecule has 0 atom stereocenters. The maximum absolute atomic E-state index is 12.3. The van der Waals surface area contributed by atoms with Gasteiger partial charge in [0.05, 0.1) is 11.3 Å². The van der Waals surface area contributed by atoms with Crippen molar-refractivity contribution in [1.29, 1.82) is 0 Å². The molecule has 0 saturated heterocycles. The average molecular weight is 423 g/mol. The normalized spacial score (nSPS) is 10.8. The molecule has 27 heavy (non-hydrogen) atoms. The third-order valence-corrected chi connectivity index (χ3v) is 4.43. The van der Waals surface area contributed by atoms with Gasteiger partial charge in [-0.05, 0) is 78.4 Å². The number of halogens is 1. The number of hydrogen-bond acceptors (Lipinski definition) is 4. The number of carbonyl (C=O) groups is 1. The minimum absolute atomic E-state index is 0.378. The Labute approximate surface area is 167 Å². The highest BCUT2D eigenvalue weighted by atomic mass is 79.9. The van der Waals surface area contributed by atoms with Crippen LogP contribution < -0.4 is 9.64 Å². The quantitative estimate of drug-likeness (QED) is 0.310. The third kappa shape index (κ3) is 5.28. The molecule has 0 aliphatic carbocycles. The molecule has 0 aliphatic rings. The van der Waals surface area contributed by atoms with Gasteiger partial charge in [0.25, 0.3) is 0 Å². The summed E-state index contributed by atoms with van der Waals surface area (Å²) in [6.45, 7) is 0. The molecule has 0 aliphatic heterocycles. The van der Waals surface area contributed by atoms with E-state index < -0.39 is 0 Å². The Balaban J connectivity index is 1.63. The van der Waals surface area contributed by atoms with Gasteiger partial charge < -0.3 is 9.64 Å². The summed E-state index contributed by atoms with van der Waals surface area (Å²) >= 11 is 3.40. The highest BCUT2D eigenvalue weighted by molar-refractivity contribution is 9.10. The van der Waals surface area contributed by atoms with Crippen molar-refractivity contribution >= 4 is 39.5 Å². The molecule has 0 fully saturated rings. The Morgan fingerprint density at radius 3 is 2.15 bits per heavy atom. The van der Waals surface area contributed by atoms with Crippen LogP contribution in [0.1, 0.15) is 15.9 Å². The van der Waals surface area contributed by atoms with Crippen LogP contribution in [0.3, 0.4) is 0 Å². The predicted octanol–water partition coefficient (Wildman–Crippen LogP) is 5.48. The van der Waals surface area contributed by atoms with E-state index in [4.69, 9.17) is 4.74 Å². The first-order chi connectivity index (χ1) is 13.0. The van der Waals surface area contributed by atoms with Gasteiger partial charge in [0.2, 0.25) is 0 Å². The fraction of sp³-hybridized carbons (Fsp3) is 0.0909. The second-order valence-corrected chi connectivity index (χ2v) is 7.05. The van der Waals surface area contributed by atoms with E-state index in [9.17, 15) is 4.79 Å². The molecule has 3 aromatic carbocycles. The number of anilines is 1. The average Bonchev–Trinajstić information content (AvgIpc) is 2.68. The van der Waals surface area contributed by atoms with Crippen LogP contribution in [0.2, 0.25) is 0 Å². The lowest BCUT2D eigenvalue weighted by Gasteiger charge is -2.12. The Hall–Kier alpha value is -2.92. The van der Waals surface area contributed by atoms with Crippen LogP contribution in [0.25, 0.3) is 0 Å². The van der Waals surface area contributed by atoms with E-state index in [1.54, 1.807) is 30.5 Å². The molecule has 0 saturated carbocycles. The number of aliphatic imine (C=N–C) groups is 1. The number of carbonyl (C=O) groups excluding carboxylic acids is 1. The zero-order chi connectivity index (χ0) is 19.2. The largest absolute Gasteiger partial charge is 0.423 e. The van der Waals surface area contributed by atoms with Gasteiger partial charge in [0.1, 0.15) is 5.75 Å². The second-order valence-electron chi connectivity index (χ2n) is 6.13. The van der Waals surface area contributed by atoms with E-state index in [1.807, 2.05) is 67.5 Å². The third-order valence-electron chi connectivity index (χ3n) is 3.90. The molecule has 0 bridgehead atoms. The van der Waals surface area contributed by atoms with E-state index in [-0.39, 0.29) is 5.97 Å². The zero-order valence-corrected chi connectivity index (χ0v) is 16.7. The van der Waals surface area contributed by atoms with Crippen molar-refractivity contribution in [1.82, 2.24) is 0 Å². The van der Waals surface area contributed by atoms with E-state index in [1.165, 1.54) is 0 Å². The fourth-order valence-corrected chi connectivity index (χ4v) is 2.62. The van der Waals surface area contributed by atoms with Crippen LogP contribution in [0.4, 0.5) is 11.4 Å². The Bertz CT molecular complexity index is 932. The summed E-state index contributed by atoms with van der Waals surface area (Å²) < 4.78 is 6.45. The summed E-state index contributed by atoms with van der Waals surface area (Å²) in [5, 5.41) is 0. The molecule has 0 radical (unpaired) electrons. The zero-order valence-electron chi connectivity index (χ0n) is 15.1. The van der Waals surface area contributed by atoms with Crippen molar-refractivity contribution in [2.45, 2.75) is 0 Å². The molecule has 4 nitrogen and oxygen atoms in total. The minimum atomic E-state index is -0.378. The highest BCUT2D eigenvalue weighted by Crippen LogP contribution is 2.18. The highest BCUT2D eigenvalue weighted by Gasteiger charge is 2.08. The van der Waals surface area contributed by atoms with Crippen molar-refractivity contribution < 1.29 is 9.53 Å². The van der Waals surface area contributed by atoms with E-state index >= 15 is 0 Å². The lowest BCUT2D eigenvalue weighted by Crippen LogP contribution is -2.11. The first kappa shape index (κ1) is 18.9. The molecule has 136 valence electrons. The van der Waals surface area contributed by atoms with Crippen molar-refractivity contribution in [2.75, 3.05) is 19.0 Å². The molecule has 0 heterocycles. The monoisotopic (exact) mass is 422 g/mol. The van der Waals surface area contributed by atoms with Crippen molar-refractivity contribution in [3.05, 3.63) is 88.4 Å². The van der Waals surface area contributed by atoms with Crippen LogP contribution in [-0.4, -0.2) is 26.3 Å². The van der Waals surface area contributed by atoms with E-state index in [0.717, 1.165) is 21.4 Å². The maximum atomic E-state index is 12.3. The minimum Gasteiger partial charge on any atom is -0.423 e. The van der Waals surface area contributed by atoms with E-state index in [2.05, 4.69) is 20.9 Å². The number of nitrogens with zero attached hydrogens (tertiary/aromatic N) is 2. The van der Waals surface area contributed by atoms with Crippen molar-refractivity contribution in [2.24, 2.45) is 4.99 Å². The summed E-state index contributed by atoms with van der Waals surface area (Å²) in [6, 6.07) is 22.3. The Morgan fingerprint density at radius 2 is 1.56 bits per heavy atom. The van der Waals surface area contributed by atoms with Gasteiger partial charge in [-0.15, -0.1) is 0 Å². The van der Waals surface area contributed by atoms with Crippen molar-refractivity contribution in [3.63, 3.8) is 0 Å². The van der Waals surface area contributed by atoms with Crippen LogP contribution in [0.5, 0.6) is 5.75 Å². The SMILES string of the molecule is CN(C)c1ccc(C(=O)Oc2ccc(C=Nc3ccc(Br)cc3)cc2)cc1. The van der Waals surface area contributed by atoms with Gasteiger partial charge in [-0.3, -0.25) is 4.99 Å². The summed E-state index contributed by atoms with van der Waals surface area (Å²) in [6.07, 6.45) is 1.77. The van der Waals surface area contributed by atoms with Crippen LogP contribution >= 0.6 is 15.9 Å². The van der Waals surface area contributed by atoms with E-state index in [0.29, 0.717) is 11.3 Å². The predicted molar refractivity (Wildman–Crippen MR) is 114 cm³/mol. The summed E-state index contributed by atoms with van der Waals surface area (Å²) in [5.74, 6) is 0.120. The van der Waals surface area contributed by atoms with Gasteiger partial charge in [0.15, 0.2) is 0 Å². The number of hydrogen-bond donors (Lipinski definition) is 0. The topological polar surface area (TPSA) is 41.9 Å². The summed E-state index contributed by atoms with van der Waals surface area (Å²) in [4.78, 5) is 18.6. The first-order valence-corrected chi connectivity index (χ1v) is 9.20. The molecule has 0 unspecified atom stereocenters. The van der Waals surface area contributed by atoms with Gasteiger partial charge >= 0.3 is 5.97 Å². The molecule has 3 rings (SSSR count). The molecule has 3 aromatic rings. The van der Waals surface area contributed by atoms with Crippen LogP contribution in [0, 0.1) is 0 Å². The molecule has 0 spiro atoms. The smallest absolute Gasteiger partial charge is 0.343 e. The molecule has 5 heteroatoms. The van der Waals surface area contributed by atoms with Gasteiger partial charge in [0, 0.05) is 30.5 Å². The molecular formula is C22H19BrN2O2. The van der Waals surface area contributed by atoms with Gasteiger partial charge in [-0.2, -0.15) is 0 Å². The summed E-state index contributed by atoms with van der Waals surface area (Å²) in [5.41, 5.74) is 3.34. The summed E-state index contributed by atoms with van der Waals surface area (Å²) in [7, 11) is 3.91. The molecule has 0 amide bonds. The van der Waals surface area contributed by atoms with Crippen molar-refractivity contribution in [3.8, 4) is 5.75 Å². The molecular weight excluding hydrogens is 404 g/mol. The molecule has 0 aromatic heterocycles. The fourth-order valence-electron chi connectivity index (χ4n) is 2.36. The Morgan fingerprint density at radius 1 is 0.926 bits per heavy atom. The number of esters is 1. The number of benzene rings is 3. The lowest BCUT2D eigenvalue weighted by molar-refractivity contribution is 0.0735. The van der Waals surface area contributed by atoms with Crippen LogP contribution in [-0.2, 0) is 0 Å². The lowest BCUT2D eigenvalue weighted by atomic mass is 10.2. The second kappa shape index (κ2) is 8.64. The number of ether oxygens (including phenoxy) is 1. The standard InChI is InChI=1S/C22H19BrN2O2/c1-25(2)20-11-5-17(6-12-20)22(26)27-21-13-3-16(4-14-21)15-24-19-9-7-18(23)8-10-19/h3-15H,1-2H3. The first-order valence-electron chi connectivity index (χ1n) is 8.40.